The van der Waals surface area contributed by atoms with E-state index in [2.05, 4.69) is 4.74 Å². The zero-order valence-corrected chi connectivity index (χ0v) is 8.09. The minimum absolute atomic E-state index is 0.134. The van der Waals surface area contributed by atoms with Crippen LogP contribution in [0.5, 0.6) is 0 Å². The molecule has 4 heteroatoms. The Morgan fingerprint density at radius 3 is 1.85 bits per heavy atom. The smallest absolute Gasteiger partial charge is 0.334 e. The first-order valence-corrected chi connectivity index (χ1v) is 4.12. The van der Waals surface area contributed by atoms with Crippen molar-refractivity contribution in [2.75, 3.05) is 7.11 Å². The van der Waals surface area contributed by atoms with E-state index in [1.54, 1.807) is 13.8 Å². The molecule has 0 spiro atoms. The zero-order valence-electron chi connectivity index (χ0n) is 8.09. The average Bonchev–Trinajstić information content (AvgIpc) is 2.12. The van der Waals surface area contributed by atoms with Crippen LogP contribution in [0.1, 0.15) is 26.7 Å². The molecule has 0 amide bonds. The Hall–Kier alpha value is -1.32. The summed E-state index contributed by atoms with van der Waals surface area (Å²) in [5.41, 5.74) is 0.381. The normalized spacial score (nSPS) is 11.9. The van der Waals surface area contributed by atoms with Crippen molar-refractivity contribution in [1.29, 1.82) is 0 Å². The Morgan fingerprint density at radius 1 is 1.15 bits per heavy atom. The molecule has 0 saturated heterocycles. The number of hydrogen-bond donors (Lipinski definition) is 1. The van der Waals surface area contributed by atoms with Crippen LogP contribution in [0, 0.1) is 0 Å². The summed E-state index contributed by atoms with van der Waals surface area (Å²) in [6.07, 6.45) is 0.704. The van der Waals surface area contributed by atoms with Crippen LogP contribution < -0.4 is 0 Å². The van der Waals surface area contributed by atoms with Crippen molar-refractivity contribution in [3.05, 3.63) is 11.1 Å². The number of carbonyl (C=O) groups is 2. The van der Waals surface area contributed by atoms with Crippen molar-refractivity contribution in [3.63, 3.8) is 0 Å². The summed E-state index contributed by atoms with van der Waals surface area (Å²) >= 11 is 0. The van der Waals surface area contributed by atoms with Gasteiger partial charge in [0.15, 0.2) is 0 Å². The minimum Gasteiger partial charge on any atom is -0.478 e. The number of rotatable bonds is 4. The Labute approximate surface area is 77.2 Å². The quantitative estimate of drug-likeness (QED) is 0.532. The molecule has 0 saturated carbocycles. The van der Waals surface area contributed by atoms with Gasteiger partial charge in [0, 0.05) is 11.1 Å². The summed E-state index contributed by atoms with van der Waals surface area (Å²) in [5, 5.41) is 8.75. The number of hydrogen-bond acceptors (Lipinski definition) is 3. The highest BCUT2D eigenvalue weighted by molar-refractivity contribution is 5.99. The molecule has 0 aromatic carbocycles. The van der Waals surface area contributed by atoms with E-state index >= 15 is 0 Å². The highest BCUT2D eigenvalue weighted by Crippen LogP contribution is 2.13. The van der Waals surface area contributed by atoms with Gasteiger partial charge < -0.3 is 9.84 Å². The van der Waals surface area contributed by atoms with Crippen molar-refractivity contribution in [3.8, 4) is 0 Å². The van der Waals surface area contributed by atoms with Crippen molar-refractivity contribution < 1.29 is 19.4 Å². The summed E-state index contributed by atoms with van der Waals surface area (Å²) in [6, 6.07) is 0. The summed E-state index contributed by atoms with van der Waals surface area (Å²) in [4.78, 5) is 21.8. The third kappa shape index (κ3) is 2.89. The monoisotopic (exact) mass is 186 g/mol. The lowest BCUT2D eigenvalue weighted by Gasteiger charge is -2.06. The van der Waals surface area contributed by atoms with E-state index in [1.165, 1.54) is 7.11 Å². The largest absolute Gasteiger partial charge is 0.478 e. The topological polar surface area (TPSA) is 63.6 Å². The second kappa shape index (κ2) is 5.35. The molecule has 1 N–H and O–H groups in total. The van der Waals surface area contributed by atoms with Crippen LogP contribution >= 0.6 is 0 Å². The van der Waals surface area contributed by atoms with Gasteiger partial charge in [-0.3, -0.25) is 0 Å². The molecule has 74 valence electrons. The lowest BCUT2D eigenvalue weighted by molar-refractivity contribution is -0.138. The van der Waals surface area contributed by atoms with Gasteiger partial charge in [0.25, 0.3) is 0 Å². The summed E-state index contributed by atoms with van der Waals surface area (Å²) in [7, 11) is 1.24. The third-order valence-electron chi connectivity index (χ3n) is 1.76. The zero-order chi connectivity index (χ0) is 10.4. The third-order valence-corrected chi connectivity index (χ3v) is 1.76. The van der Waals surface area contributed by atoms with Gasteiger partial charge in [-0.1, -0.05) is 13.8 Å². The molecular weight excluding hydrogens is 172 g/mol. The van der Waals surface area contributed by atoms with Crippen molar-refractivity contribution in [2.45, 2.75) is 26.7 Å². The number of ether oxygens (including phenoxy) is 1. The van der Waals surface area contributed by atoms with Gasteiger partial charge in [-0.2, -0.15) is 0 Å². The minimum atomic E-state index is -1.05. The summed E-state index contributed by atoms with van der Waals surface area (Å²) in [6.45, 7) is 3.42. The standard InChI is InChI=1S/C9H14O4/c1-4-6(8(10)11)7(5-2)9(12)13-3/h4-5H2,1-3H3,(H,10,11)/b7-6+. The SMILES string of the molecule is CC/C(C(=O)O)=C(/CC)C(=O)OC. The second-order valence-electron chi connectivity index (χ2n) is 2.46. The molecule has 0 aliphatic heterocycles. The molecule has 0 aromatic heterocycles. The fraction of sp³-hybridized carbons (Fsp3) is 0.556. The maximum atomic E-state index is 11.1. The molecule has 0 atom stereocenters. The van der Waals surface area contributed by atoms with Gasteiger partial charge in [-0.15, -0.1) is 0 Å². The number of carbonyl (C=O) groups excluding carboxylic acids is 1. The second-order valence-corrected chi connectivity index (χ2v) is 2.46. The first-order valence-electron chi connectivity index (χ1n) is 4.12. The van der Waals surface area contributed by atoms with Gasteiger partial charge in [0.05, 0.1) is 7.11 Å². The first-order chi connectivity index (χ1) is 6.08. The lowest BCUT2D eigenvalue weighted by Crippen LogP contribution is -2.12. The molecule has 4 nitrogen and oxygen atoms in total. The highest BCUT2D eigenvalue weighted by Gasteiger charge is 2.17. The van der Waals surface area contributed by atoms with E-state index in [9.17, 15) is 9.59 Å². The predicted molar refractivity (Wildman–Crippen MR) is 47.3 cm³/mol. The van der Waals surface area contributed by atoms with Gasteiger partial charge in [-0.25, -0.2) is 9.59 Å². The molecule has 0 fully saturated rings. The summed E-state index contributed by atoms with van der Waals surface area (Å²) in [5.74, 6) is -1.61. The van der Waals surface area contributed by atoms with Crippen molar-refractivity contribution in [1.82, 2.24) is 0 Å². The molecule has 0 aliphatic rings. The van der Waals surface area contributed by atoms with Crippen LogP contribution in [0.2, 0.25) is 0 Å². The first kappa shape index (κ1) is 11.7. The van der Waals surface area contributed by atoms with Crippen molar-refractivity contribution in [2.24, 2.45) is 0 Å². The molecule has 0 unspecified atom stereocenters. The molecule has 0 rings (SSSR count). The van der Waals surface area contributed by atoms with E-state index < -0.39 is 11.9 Å². The number of carboxylic acid groups (broad SMARTS) is 1. The Kier molecular flexibility index (Phi) is 4.80. The maximum Gasteiger partial charge on any atom is 0.334 e. The van der Waals surface area contributed by atoms with Crippen LogP contribution in [-0.2, 0) is 14.3 Å². The number of aliphatic carboxylic acids is 1. The van der Waals surface area contributed by atoms with E-state index in [-0.39, 0.29) is 11.1 Å². The molecule has 0 radical (unpaired) electrons. The Balaban J connectivity index is 5.05. The summed E-state index contributed by atoms with van der Waals surface area (Å²) < 4.78 is 4.48. The Morgan fingerprint density at radius 2 is 1.62 bits per heavy atom. The molecule has 0 aromatic rings. The van der Waals surface area contributed by atoms with Gasteiger partial charge in [-0.05, 0) is 12.8 Å². The van der Waals surface area contributed by atoms with E-state index in [0.29, 0.717) is 12.8 Å². The lowest BCUT2D eigenvalue weighted by atomic mass is 10.0. The maximum absolute atomic E-state index is 11.1. The van der Waals surface area contributed by atoms with Crippen LogP contribution in [0.4, 0.5) is 0 Å². The average molecular weight is 186 g/mol. The predicted octanol–water partition coefficient (Wildman–Crippen LogP) is 1.36. The van der Waals surface area contributed by atoms with Gasteiger partial charge in [0.2, 0.25) is 0 Å². The fourth-order valence-corrected chi connectivity index (χ4v) is 1.10. The highest BCUT2D eigenvalue weighted by atomic mass is 16.5. The van der Waals surface area contributed by atoms with Crippen molar-refractivity contribution >= 4 is 11.9 Å². The van der Waals surface area contributed by atoms with Crippen LogP contribution in [-0.4, -0.2) is 24.2 Å². The number of esters is 1. The Bertz CT molecular complexity index is 240. The van der Waals surface area contributed by atoms with Crippen LogP contribution in [0.3, 0.4) is 0 Å². The molecule has 0 heterocycles. The molecule has 0 bridgehead atoms. The number of carboxylic acids is 1. The number of methoxy groups -OCH3 is 1. The van der Waals surface area contributed by atoms with Gasteiger partial charge in [0.1, 0.15) is 0 Å². The molecule has 13 heavy (non-hydrogen) atoms. The molecule has 0 aliphatic carbocycles. The van der Waals surface area contributed by atoms with Crippen LogP contribution in [0.25, 0.3) is 0 Å². The fourth-order valence-electron chi connectivity index (χ4n) is 1.10. The van der Waals surface area contributed by atoms with Gasteiger partial charge >= 0.3 is 11.9 Å². The van der Waals surface area contributed by atoms with E-state index in [1.807, 2.05) is 0 Å². The van der Waals surface area contributed by atoms with E-state index in [4.69, 9.17) is 5.11 Å². The molecular formula is C9H14O4. The van der Waals surface area contributed by atoms with Crippen LogP contribution in [0.15, 0.2) is 11.1 Å². The van der Waals surface area contributed by atoms with E-state index in [0.717, 1.165) is 0 Å².